The van der Waals surface area contributed by atoms with Crippen molar-refractivity contribution >= 4 is 34.3 Å². The van der Waals surface area contributed by atoms with E-state index >= 15 is 0 Å². The molecule has 0 atom stereocenters. The molecule has 108 valence electrons. The summed E-state index contributed by atoms with van der Waals surface area (Å²) in [5.74, 6) is 1.25. The summed E-state index contributed by atoms with van der Waals surface area (Å²) in [5, 5.41) is 1.08. The minimum Gasteiger partial charge on any atom is -0.464 e. The first-order valence-electron chi connectivity index (χ1n) is 6.60. The van der Waals surface area contributed by atoms with Gasteiger partial charge in [-0.05, 0) is 48.5 Å². The van der Waals surface area contributed by atoms with Gasteiger partial charge >= 0.3 is 0 Å². The fourth-order valence-electron chi connectivity index (χ4n) is 2.30. The molecule has 0 saturated carbocycles. The maximum Gasteiger partial charge on any atom is 0.228 e. The highest BCUT2D eigenvalue weighted by molar-refractivity contribution is 6.36. The molecule has 2 aromatic carbocycles. The van der Waals surface area contributed by atoms with Gasteiger partial charge in [-0.2, -0.15) is 0 Å². The Morgan fingerprint density at radius 1 is 0.955 bits per heavy atom. The molecular formula is C17H9Cl2NO2. The smallest absolute Gasteiger partial charge is 0.228 e. The van der Waals surface area contributed by atoms with Gasteiger partial charge in [0.05, 0.1) is 16.8 Å². The Morgan fingerprint density at radius 2 is 1.86 bits per heavy atom. The summed E-state index contributed by atoms with van der Waals surface area (Å²) in [4.78, 5) is 4.51. The monoisotopic (exact) mass is 329 g/mol. The fourth-order valence-corrected chi connectivity index (χ4v) is 2.79. The van der Waals surface area contributed by atoms with E-state index in [1.165, 1.54) is 0 Å². The van der Waals surface area contributed by atoms with Crippen LogP contribution in [-0.4, -0.2) is 4.98 Å². The molecule has 0 bridgehead atoms. The Kier molecular flexibility index (Phi) is 3.17. The molecule has 5 heteroatoms. The van der Waals surface area contributed by atoms with Crippen molar-refractivity contribution in [1.82, 2.24) is 4.98 Å². The Bertz CT molecular complexity index is 958. The van der Waals surface area contributed by atoms with Crippen LogP contribution in [0.3, 0.4) is 0 Å². The number of hydrogen-bond donors (Lipinski definition) is 0. The third-order valence-corrected chi connectivity index (χ3v) is 3.90. The van der Waals surface area contributed by atoms with Gasteiger partial charge in [0.25, 0.3) is 0 Å². The maximum absolute atomic E-state index is 6.20. The first kappa shape index (κ1) is 13.4. The zero-order valence-electron chi connectivity index (χ0n) is 11.2. The molecule has 3 nitrogen and oxygen atoms in total. The lowest BCUT2D eigenvalue weighted by atomic mass is 10.1. The molecule has 0 radical (unpaired) electrons. The molecule has 2 aromatic heterocycles. The van der Waals surface area contributed by atoms with Crippen molar-refractivity contribution in [3.63, 3.8) is 0 Å². The molecule has 0 aliphatic rings. The van der Waals surface area contributed by atoms with Crippen molar-refractivity contribution < 1.29 is 8.83 Å². The van der Waals surface area contributed by atoms with Crippen LogP contribution in [0.2, 0.25) is 10.0 Å². The van der Waals surface area contributed by atoms with E-state index in [9.17, 15) is 0 Å². The highest BCUT2D eigenvalue weighted by atomic mass is 35.5. The van der Waals surface area contributed by atoms with Crippen molar-refractivity contribution in [2.75, 3.05) is 0 Å². The second kappa shape index (κ2) is 5.20. The van der Waals surface area contributed by atoms with Crippen LogP contribution < -0.4 is 0 Å². The van der Waals surface area contributed by atoms with Crippen molar-refractivity contribution in [2.24, 2.45) is 0 Å². The SMILES string of the molecule is Clc1ccc(-c2nc3cc(-c4ccco4)ccc3o2)c(Cl)c1. The predicted octanol–water partition coefficient (Wildman–Crippen LogP) is 6.06. The Balaban J connectivity index is 1.84. The maximum atomic E-state index is 6.20. The number of hydrogen-bond acceptors (Lipinski definition) is 3. The topological polar surface area (TPSA) is 39.2 Å². The Labute approximate surface area is 136 Å². The molecular weight excluding hydrogens is 321 g/mol. The van der Waals surface area contributed by atoms with Crippen LogP contribution >= 0.6 is 23.2 Å². The highest BCUT2D eigenvalue weighted by Crippen LogP contribution is 2.33. The molecule has 2 heterocycles. The average Bonchev–Trinajstić information content (AvgIpc) is 3.15. The lowest BCUT2D eigenvalue weighted by Crippen LogP contribution is -1.79. The highest BCUT2D eigenvalue weighted by Gasteiger charge is 2.13. The van der Waals surface area contributed by atoms with Gasteiger partial charge in [0.2, 0.25) is 5.89 Å². The lowest BCUT2D eigenvalue weighted by Gasteiger charge is -1.98. The van der Waals surface area contributed by atoms with Crippen molar-refractivity contribution in [3.05, 3.63) is 64.8 Å². The number of nitrogens with zero attached hydrogens (tertiary/aromatic N) is 1. The van der Waals surface area contributed by atoms with Gasteiger partial charge in [-0.25, -0.2) is 4.98 Å². The van der Waals surface area contributed by atoms with E-state index in [0.717, 1.165) is 16.8 Å². The largest absolute Gasteiger partial charge is 0.464 e. The molecule has 0 spiro atoms. The summed E-state index contributed by atoms with van der Waals surface area (Å²) in [6.45, 7) is 0. The van der Waals surface area contributed by atoms with E-state index in [0.29, 0.717) is 27.1 Å². The molecule has 22 heavy (non-hydrogen) atoms. The molecule has 0 fully saturated rings. The van der Waals surface area contributed by atoms with Crippen molar-refractivity contribution in [2.45, 2.75) is 0 Å². The quantitative estimate of drug-likeness (QED) is 0.448. The standard InChI is InChI=1S/C17H9Cl2NO2/c18-11-4-5-12(13(19)9-11)17-20-14-8-10(3-6-16(14)22-17)15-2-1-7-21-15/h1-9H. The van der Waals surface area contributed by atoms with Crippen LogP contribution in [0, 0.1) is 0 Å². The molecule has 0 aliphatic heterocycles. The van der Waals surface area contributed by atoms with Crippen molar-refractivity contribution in [3.8, 4) is 22.8 Å². The average molecular weight is 330 g/mol. The zero-order chi connectivity index (χ0) is 15.1. The van der Waals surface area contributed by atoms with E-state index in [4.69, 9.17) is 32.0 Å². The second-order valence-electron chi connectivity index (χ2n) is 4.80. The predicted molar refractivity (Wildman–Crippen MR) is 87.2 cm³/mol. The van der Waals surface area contributed by atoms with Crippen LogP contribution in [-0.2, 0) is 0 Å². The van der Waals surface area contributed by atoms with E-state index in [1.807, 2.05) is 30.3 Å². The van der Waals surface area contributed by atoms with Gasteiger partial charge in [0, 0.05) is 10.6 Å². The summed E-state index contributed by atoms with van der Waals surface area (Å²) in [5.41, 5.74) is 3.09. The van der Waals surface area contributed by atoms with Gasteiger partial charge in [0.15, 0.2) is 5.58 Å². The first-order valence-corrected chi connectivity index (χ1v) is 7.36. The Hall–Kier alpha value is -2.23. The third-order valence-electron chi connectivity index (χ3n) is 3.35. The van der Waals surface area contributed by atoms with Crippen LogP contribution in [0.4, 0.5) is 0 Å². The molecule has 4 aromatic rings. The van der Waals surface area contributed by atoms with Gasteiger partial charge in [0.1, 0.15) is 11.3 Å². The van der Waals surface area contributed by atoms with Gasteiger partial charge < -0.3 is 8.83 Å². The van der Waals surface area contributed by atoms with Gasteiger partial charge in [-0.15, -0.1) is 0 Å². The van der Waals surface area contributed by atoms with E-state index < -0.39 is 0 Å². The van der Waals surface area contributed by atoms with E-state index in [1.54, 1.807) is 24.5 Å². The van der Waals surface area contributed by atoms with Gasteiger partial charge in [-0.3, -0.25) is 0 Å². The summed E-state index contributed by atoms with van der Waals surface area (Å²) in [6.07, 6.45) is 1.64. The Morgan fingerprint density at radius 3 is 2.64 bits per heavy atom. The minimum atomic E-state index is 0.466. The minimum absolute atomic E-state index is 0.466. The molecule has 0 saturated heterocycles. The summed E-state index contributed by atoms with van der Waals surface area (Å²) in [6, 6.07) is 14.7. The summed E-state index contributed by atoms with van der Waals surface area (Å²) >= 11 is 12.1. The number of furan rings is 1. The normalized spacial score (nSPS) is 11.2. The molecule has 4 rings (SSSR count). The van der Waals surface area contributed by atoms with E-state index in [-0.39, 0.29) is 0 Å². The summed E-state index contributed by atoms with van der Waals surface area (Å²) in [7, 11) is 0. The summed E-state index contributed by atoms with van der Waals surface area (Å²) < 4.78 is 11.2. The number of oxazole rings is 1. The van der Waals surface area contributed by atoms with E-state index in [2.05, 4.69) is 4.98 Å². The number of halogens is 2. The third kappa shape index (κ3) is 2.28. The molecule has 0 unspecified atom stereocenters. The molecule has 0 N–H and O–H groups in total. The first-order chi connectivity index (χ1) is 10.7. The molecule has 0 aliphatic carbocycles. The van der Waals surface area contributed by atoms with Crippen LogP contribution in [0.5, 0.6) is 0 Å². The lowest BCUT2D eigenvalue weighted by molar-refractivity contribution is 0.582. The van der Waals surface area contributed by atoms with Crippen LogP contribution in [0.15, 0.2) is 63.6 Å². The number of rotatable bonds is 2. The zero-order valence-corrected chi connectivity index (χ0v) is 12.7. The van der Waals surface area contributed by atoms with Crippen molar-refractivity contribution in [1.29, 1.82) is 0 Å². The molecule has 0 amide bonds. The number of aromatic nitrogens is 1. The second-order valence-corrected chi connectivity index (χ2v) is 5.65. The number of benzene rings is 2. The van der Waals surface area contributed by atoms with Crippen LogP contribution in [0.25, 0.3) is 33.9 Å². The van der Waals surface area contributed by atoms with Gasteiger partial charge in [-0.1, -0.05) is 23.2 Å². The fraction of sp³-hybridized carbons (Fsp3) is 0. The van der Waals surface area contributed by atoms with Crippen LogP contribution in [0.1, 0.15) is 0 Å². The number of fused-ring (bicyclic) bond motifs is 1.